The van der Waals surface area contributed by atoms with Crippen molar-refractivity contribution in [2.75, 3.05) is 18.0 Å². The Morgan fingerprint density at radius 1 is 1.53 bits per heavy atom. The maximum absolute atomic E-state index is 12.5. The number of amidine groups is 1. The molecule has 8 heteroatoms. The zero-order valence-electron chi connectivity index (χ0n) is 10.6. The summed E-state index contributed by atoms with van der Waals surface area (Å²) in [6.45, 7) is 2.18. The molecule has 0 atom stereocenters. The minimum absolute atomic E-state index is 0.0510. The number of hydrogen-bond donors (Lipinski definition) is 2. The molecule has 1 aromatic rings. The van der Waals surface area contributed by atoms with Gasteiger partial charge in [0.2, 0.25) is 0 Å². The van der Waals surface area contributed by atoms with Gasteiger partial charge in [0.1, 0.15) is 12.4 Å². The number of rotatable bonds is 4. The number of hydrogen-bond acceptors (Lipinski definition) is 4. The number of anilines is 1. The highest BCUT2D eigenvalue weighted by Crippen LogP contribution is 2.25. The van der Waals surface area contributed by atoms with Crippen molar-refractivity contribution < 1.29 is 18.4 Å². The molecule has 0 saturated carbocycles. The highest BCUT2D eigenvalue weighted by atomic mass is 19.4. The predicted molar refractivity (Wildman–Crippen MR) is 65.4 cm³/mol. The summed E-state index contributed by atoms with van der Waals surface area (Å²) in [7, 11) is 0. The van der Waals surface area contributed by atoms with E-state index in [-0.39, 0.29) is 23.8 Å². The van der Waals surface area contributed by atoms with Crippen molar-refractivity contribution >= 4 is 11.7 Å². The molecular weight excluding hydrogens is 261 g/mol. The second-order valence-electron chi connectivity index (χ2n) is 3.94. The fraction of sp³-hybridized carbons (Fsp3) is 0.455. The highest BCUT2D eigenvalue weighted by Gasteiger charge is 2.32. The fourth-order valence-corrected chi connectivity index (χ4v) is 1.70. The number of halogens is 3. The molecule has 3 N–H and O–H groups in total. The van der Waals surface area contributed by atoms with Gasteiger partial charge >= 0.3 is 6.18 Å². The Morgan fingerprint density at radius 3 is 2.63 bits per heavy atom. The molecule has 0 unspecified atom stereocenters. The number of aryl methyl sites for hydroxylation is 1. The molecule has 0 bridgehead atoms. The first-order valence-electron chi connectivity index (χ1n) is 5.55. The molecule has 1 rings (SSSR count). The molecule has 0 fully saturated rings. The third-order valence-electron chi connectivity index (χ3n) is 2.55. The summed E-state index contributed by atoms with van der Waals surface area (Å²) in [5.41, 5.74) is 6.29. The van der Waals surface area contributed by atoms with E-state index in [4.69, 9.17) is 10.9 Å². The van der Waals surface area contributed by atoms with Crippen molar-refractivity contribution in [3.63, 3.8) is 0 Å². The maximum atomic E-state index is 12.5. The molecule has 0 spiro atoms. The Kier molecular flexibility index (Phi) is 4.57. The Morgan fingerprint density at radius 2 is 2.16 bits per heavy atom. The lowest BCUT2D eigenvalue weighted by Gasteiger charge is -2.25. The summed E-state index contributed by atoms with van der Waals surface area (Å²) in [6.07, 6.45) is -2.97. The van der Waals surface area contributed by atoms with E-state index >= 15 is 0 Å². The van der Waals surface area contributed by atoms with Gasteiger partial charge in [-0.05, 0) is 25.5 Å². The summed E-state index contributed by atoms with van der Waals surface area (Å²) < 4.78 is 37.5. The first-order chi connectivity index (χ1) is 8.80. The monoisotopic (exact) mass is 276 g/mol. The Balaban J connectivity index is 3.28. The lowest BCUT2D eigenvalue weighted by molar-refractivity contribution is -0.119. The summed E-state index contributed by atoms with van der Waals surface area (Å²) in [4.78, 5) is 4.95. The first kappa shape index (κ1) is 15.1. The van der Waals surface area contributed by atoms with Crippen LogP contribution in [0.1, 0.15) is 18.1 Å². The molecule has 0 saturated heterocycles. The second kappa shape index (κ2) is 5.77. The molecule has 19 heavy (non-hydrogen) atoms. The van der Waals surface area contributed by atoms with E-state index < -0.39 is 12.7 Å². The third kappa shape index (κ3) is 3.73. The number of oxime groups is 1. The van der Waals surface area contributed by atoms with Crippen molar-refractivity contribution in [2.45, 2.75) is 20.0 Å². The van der Waals surface area contributed by atoms with Gasteiger partial charge in [0.25, 0.3) is 0 Å². The third-order valence-corrected chi connectivity index (χ3v) is 2.55. The van der Waals surface area contributed by atoms with E-state index in [1.807, 2.05) is 0 Å². The average Bonchev–Trinajstić information content (AvgIpc) is 2.33. The average molecular weight is 276 g/mol. The van der Waals surface area contributed by atoms with Crippen molar-refractivity contribution in [3.8, 4) is 0 Å². The van der Waals surface area contributed by atoms with Gasteiger partial charge in [-0.1, -0.05) is 5.16 Å². The summed E-state index contributed by atoms with van der Waals surface area (Å²) >= 11 is 0. The second-order valence-corrected chi connectivity index (χ2v) is 3.94. The minimum atomic E-state index is -4.36. The zero-order chi connectivity index (χ0) is 14.6. The molecule has 0 amide bonds. The van der Waals surface area contributed by atoms with Crippen LogP contribution in [0.3, 0.4) is 0 Å². The van der Waals surface area contributed by atoms with Crippen LogP contribution >= 0.6 is 0 Å². The Hall–Kier alpha value is -1.99. The van der Waals surface area contributed by atoms with Crippen LogP contribution in [0.25, 0.3) is 0 Å². The van der Waals surface area contributed by atoms with E-state index in [2.05, 4.69) is 10.1 Å². The minimum Gasteiger partial charge on any atom is -0.409 e. The van der Waals surface area contributed by atoms with Crippen LogP contribution in [-0.2, 0) is 0 Å². The molecule has 0 aliphatic carbocycles. The topological polar surface area (TPSA) is 74.7 Å². The van der Waals surface area contributed by atoms with E-state index in [1.54, 1.807) is 19.9 Å². The molecule has 106 valence electrons. The van der Waals surface area contributed by atoms with Crippen LogP contribution in [-0.4, -0.2) is 35.3 Å². The standard InChI is InChI=1S/C11H15F3N4O/c1-3-18(6-11(12,13)14)10-8(9(15)17-19)7(2)4-5-16-10/h4-5,19H,3,6H2,1-2H3,(H2,15,17). The van der Waals surface area contributed by atoms with Crippen molar-refractivity contribution in [1.82, 2.24) is 4.98 Å². The molecule has 1 aromatic heterocycles. The summed E-state index contributed by atoms with van der Waals surface area (Å²) in [5, 5.41) is 11.6. The van der Waals surface area contributed by atoms with Gasteiger partial charge in [-0.15, -0.1) is 0 Å². The maximum Gasteiger partial charge on any atom is 0.405 e. The van der Waals surface area contributed by atoms with E-state index in [1.165, 1.54) is 6.20 Å². The molecule has 5 nitrogen and oxygen atoms in total. The van der Waals surface area contributed by atoms with Crippen LogP contribution in [0.4, 0.5) is 19.0 Å². The fourth-order valence-electron chi connectivity index (χ4n) is 1.70. The lowest BCUT2D eigenvalue weighted by atomic mass is 10.1. The van der Waals surface area contributed by atoms with Crippen LogP contribution in [0, 0.1) is 6.92 Å². The predicted octanol–water partition coefficient (Wildman–Crippen LogP) is 1.87. The van der Waals surface area contributed by atoms with Gasteiger partial charge in [-0.2, -0.15) is 13.2 Å². The number of aromatic nitrogens is 1. The van der Waals surface area contributed by atoms with Crippen LogP contribution < -0.4 is 10.6 Å². The largest absolute Gasteiger partial charge is 0.409 e. The summed E-state index contributed by atoms with van der Waals surface area (Å²) in [5.74, 6) is -0.212. The number of alkyl halides is 3. The zero-order valence-corrected chi connectivity index (χ0v) is 10.6. The van der Waals surface area contributed by atoms with Gasteiger partial charge in [0.15, 0.2) is 5.84 Å². The Labute approximate surface area is 108 Å². The highest BCUT2D eigenvalue weighted by molar-refractivity contribution is 6.02. The van der Waals surface area contributed by atoms with Crippen LogP contribution in [0.5, 0.6) is 0 Å². The van der Waals surface area contributed by atoms with Gasteiger partial charge in [-0.3, -0.25) is 0 Å². The first-order valence-corrected chi connectivity index (χ1v) is 5.55. The van der Waals surface area contributed by atoms with Crippen molar-refractivity contribution in [2.24, 2.45) is 10.9 Å². The number of nitrogens with two attached hydrogens (primary N) is 1. The quantitative estimate of drug-likeness (QED) is 0.381. The van der Waals surface area contributed by atoms with E-state index in [0.717, 1.165) is 4.90 Å². The van der Waals surface area contributed by atoms with Gasteiger partial charge in [0, 0.05) is 12.7 Å². The smallest absolute Gasteiger partial charge is 0.405 e. The number of nitrogens with zero attached hydrogens (tertiary/aromatic N) is 3. The molecule has 0 aromatic carbocycles. The van der Waals surface area contributed by atoms with Crippen molar-refractivity contribution in [3.05, 3.63) is 23.4 Å². The van der Waals surface area contributed by atoms with E-state index in [0.29, 0.717) is 5.56 Å². The van der Waals surface area contributed by atoms with Crippen LogP contribution in [0.15, 0.2) is 17.4 Å². The van der Waals surface area contributed by atoms with Gasteiger partial charge < -0.3 is 15.8 Å². The van der Waals surface area contributed by atoms with E-state index in [9.17, 15) is 13.2 Å². The van der Waals surface area contributed by atoms with Crippen molar-refractivity contribution in [1.29, 1.82) is 0 Å². The lowest BCUT2D eigenvalue weighted by Crippen LogP contribution is -2.36. The number of pyridine rings is 1. The normalized spacial score (nSPS) is 12.6. The molecule has 0 radical (unpaired) electrons. The Bertz CT molecular complexity index is 473. The van der Waals surface area contributed by atoms with Gasteiger partial charge in [-0.25, -0.2) is 4.98 Å². The summed E-state index contributed by atoms with van der Waals surface area (Å²) in [6, 6.07) is 1.58. The molecular formula is C11H15F3N4O. The van der Waals surface area contributed by atoms with Crippen LogP contribution in [0.2, 0.25) is 0 Å². The van der Waals surface area contributed by atoms with Gasteiger partial charge in [0.05, 0.1) is 5.56 Å². The SMILES string of the molecule is CCN(CC(F)(F)F)c1nccc(C)c1/C(N)=N/O. The molecule has 1 heterocycles. The molecule has 0 aliphatic rings. The molecule has 0 aliphatic heterocycles.